The summed E-state index contributed by atoms with van der Waals surface area (Å²) in [5.41, 5.74) is 0. The van der Waals surface area contributed by atoms with Gasteiger partial charge in [0.1, 0.15) is 17.2 Å². The highest BCUT2D eigenvalue weighted by Gasteiger charge is 2.13. The van der Waals surface area contributed by atoms with Crippen molar-refractivity contribution in [1.29, 1.82) is 0 Å². The molecule has 0 radical (unpaired) electrons. The molecule has 1 aromatic rings. The zero-order valence-corrected chi connectivity index (χ0v) is 13.1. The van der Waals surface area contributed by atoms with Crippen LogP contribution in [0.25, 0.3) is 0 Å². The Morgan fingerprint density at radius 2 is 2.11 bits per heavy atom. The minimum atomic E-state index is 0.126. The van der Waals surface area contributed by atoms with Gasteiger partial charge in [-0.15, -0.1) is 0 Å². The highest BCUT2D eigenvalue weighted by molar-refractivity contribution is 9.10. The molecule has 100 valence electrons. The molecule has 1 N–H and O–H groups in total. The highest BCUT2D eigenvalue weighted by Crippen LogP contribution is 2.29. The van der Waals surface area contributed by atoms with E-state index in [0.717, 1.165) is 28.4 Å². The van der Waals surface area contributed by atoms with Gasteiger partial charge in [0.2, 0.25) is 5.91 Å². The Bertz CT molecular complexity index is 412. The second-order valence-corrected chi connectivity index (χ2v) is 5.20. The first-order valence-electron chi connectivity index (χ1n) is 5.72. The van der Waals surface area contributed by atoms with E-state index in [9.17, 15) is 4.79 Å². The quantitative estimate of drug-likeness (QED) is 0.639. The molecule has 0 saturated carbocycles. The Hall–Kier alpha value is -0.820. The summed E-state index contributed by atoms with van der Waals surface area (Å²) in [5, 5.41) is 3.73. The van der Waals surface area contributed by atoms with E-state index in [2.05, 4.69) is 31.2 Å². The van der Waals surface area contributed by atoms with Crippen molar-refractivity contribution >= 4 is 39.4 Å². The Balaban J connectivity index is 2.66. The van der Waals surface area contributed by atoms with Gasteiger partial charge >= 0.3 is 0 Å². The van der Waals surface area contributed by atoms with Gasteiger partial charge in [0.15, 0.2) is 0 Å². The first kappa shape index (κ1) is 15.2. The molecular weight excluding hydrogens is 316 g/mol. The van der Waals surface area contributed by atoms with Crippen molar-refractivity contribution in [3.63, 3.8) is 0 Å². The zero-order valence-electron chi connectivity index (χ0n) is 10.7. The van der Waals surface area contributed by atoms with Crippen molar-refractivity contribution in [3.05, 3.63) is 10.8 Å². The van der Waals surface area contributed by atoms with E-state index in [0.29, 0.717) is 5.75 Å². The van der Waals surface area contributed by atoms with E-state index in [1.807, 2.05) is 13.8 Å². The molecule has 0 spiro atoms. The molecule has 0 fully saturated rings. The molecule has 0 aromatic carbocycles. The lowest BCUT2D eigenvalue weighted by Crippen LogP contribution is -2.31. The van der Waals surface area contributed by atoms with Crippen LogP contribution < -0.4 is 5.32 Å². The van der Waals surface area contributed by atoms with Crippen LogP contribution in [-0.4, -0.2) is 46.7 Å². The fourth-order valence-corrected chi connectivity index (χ4v) is 2.96. The van der Waals surface area contributed by atoms with Crippen molar-refractivity contribution in [2.24, 2.45) is 0 Å². The van der Waals surface area contributed by atoms with Crippen molar-refractivity contribution in [2.45, 2.75) is 18.9 Å². The Kier molecular flexibility index (Phi) is 6.42. The van der Waals surface area contributed by atoms with Crippen LogP contribution in [0.5, 0.6) is 0 Å². The topological polar surface area (TPSA) is 58.1 Å². The maximum atomic E-state index is 11.9. The van der Waals surface area contributed by atoms with Gasteiger partial charge in [0.05, 0.1) is 10.2 Å². The predicted molar refractivity (Wildman–Crippen MR) is 77.9 cm³/mol. The van der Waals surface area contributed by atoms with E-state index in [4.69, 9.17) is 0 Å². The van der Waals surface area contributed by atoms with E-state index in [-0.39, 0.29) is 5.91 Å². The maximum Gasteiger partial charge on any atom is 0.232 e. The average molecular weight is 333 g/mol. The maximum absolute atomic E-state index is 11.9. The highest BCUT2D eigenvalue weighted by atomic mass is 79.9. The number of halogens is 1. The fourth-order valence-electron chi connectivity index (χ4n) is 1.43. The minimum absolute atomic E-state index is 0.126. The molecule has 1 amide bonds. The number of carbonyl (C=O) groups is 1. The lowest BCUT2D eigenvalue weighted by Gasteiger charge is -2.18. The van der Waals surface area contributed by atoms with E-state index < -0.39 is 0 Å². The molecule has 0 atom stereocenters. The normalized spacial score (nSPS) is 10.2. The number of carbonyl (C=O) groups excluding carboxylic acids is 1. The van der Waals surface area contributed by atoms with Crippen molar-refractivity contribution < 1.29 is 4.79 Å². The second-order valence-electron chi connectivity index (χ2n) is 3.45. The monoisotopic (exact) mass is 332 g/mol. The number of anilines is 1. The minimum Gasteiger partial charge on any atom is -0.372 e. The third-order valence-electron chi connectivity index (χ3n) is 2.44. The predicted octanol–water partition coefficient (Wildman–Crippen LogP) is 2.24. The third-order valence-corrected chi connectivity index (χ3v) is 4.43. The van der Waals surface area contributed by atoms with Crippen LogP contribution in [0.3, 0.4) is 0 Å². The summed E-state index contributed by atoms with van der Waals surface area (Å²) in [5.74, 6) is 1.24. The summed E-state index contributed by atoms with van der Waals surface area (Å²) >= 11 is 4.84. The van der Waals surface area contributed by atoms with Gasteiger partial charge in [-0.05, 0) is 29.8 Å². The third kappa shape index (κ3) is 3.84. The standard InChI is InChI=1S/C11H17BrN4OS/c1-4-16(5-2)8(17)6-18-11-9(12)10(13-3)14-7-15-11/h7H,4-6H2,1-3H3,(H,13,14,15). The molecule has 0 aliphatic rings. The van der Waals surface area contributed by atoms with E-state index >= 15 is 0 Å². The number of amides is 1. The number of thioether (sulfide) groups is 1. The average Bonchev–Trinajstić information content (AvgIpc) is 2.39. The van der Waals surface area contributed by atoms with Crippen LogP contribution in [0, 0.1) is 0 Å². The SMILES string of the molecule is CCN(CC)C(=O)CSc1ncnc(NC)c1Br. The van der Waals surface area contributed by atoms with Crippen LogP contribution in [0.15, 0.2) is 15.8 Å². The molecule has 0 aliphatic carbocycles. The Morgan fingerprint density at radius 3 is 2.67 bits per heavy atom. The molecule has 0 aliphatic heterocycles. The fraction of sp³-hybridized carbons (Fsp3) is 0.545. The largest absolute Gasteiger partial charge is 0.372 e. The molecule has 1 heterocycles. The number of aromatic nitrogens is 2. The number of rotatable bonds is 6. The first-order valence-corrected chi connectivity index (χ1v) is 7.50. The number of nitrogens with zero attached hydrogens (tertiary/aromatic N) is 3. The smallest absolute Gasteiger partial charge is 0.232 e. The first-order chi connectivity index (χ1) is 8.63. The van der Waals surface area contributed by atoms with Gasteiger partial charge in [-0.3, -0.25) is 4.79 Å². The van der Waals surface area contributed by atoms with Crippen molar-refractivity contribution in [2.75, 3.05) is 31.2 Å². The van der Waals surface area contributed by atoms with Crippen LogP contribution in [0.2, 0.25) is 0 Å². The van der Waals surface area contributed by atoms with Crippen molar-refractivity contribution in [1.82, 2.24) is 14.9 Å². The summed E-state index contributed by atoms with van der Waals surface area (Å²) in [6.07, 6.45) is 1.49. The van der Waals surface area contributed by atoms with Gasteiger partial charge < -0.3 is 10.2 Å². The summed E-state index contributed by atoms with van der Waals surface area (Å²) < 4.78 is 0.796. The summed E-state index contributed by atoms with van der Waals surface area (Å²) in [6.45, 7) is 5.43. The van der Waals surface area contributed by atoms with Gasteiger partial charge in [-0.1, -0.05) is 11.8 Å². The Morgan fingerprint density at radius 1 is 1.44 bits per heavy atom. The summed E-state index contributed by atoms with van der Waals surface area (Å²) in [4.78, 5) is 21.9. The molecule has 0 unspecified atom stereocenters. The summed E-state index contributed by atoms with van der Waals surface area (Å²) in [7, 11) is 1.79. The second kappa shape index (κ2) is 7.58. The summed E-state index contributed by atoms with van der Waals surface area (Å²) in [6, 6.07) is 0. The van der Waals surface area contributed by atoms with Crippen LogP contribution in [0.4, 0.5) is 5.82 Å². The van der Waals surface area contributed by atoms with Crippen LogP contribution >= 0.6 is 27.7 Å². The number of hydrogen-bond donors (Lipinski definition) is 1. The van der Waals surface area contributed by atoms with E-state index in [1.165, 1.54) is 18.1 Å². The van der Waals surface area contributed by atoms with E-state index in [1.54, 1.807) is 11.9 Å². The zero-order chi connectivity index (χ0) is 13.5. The molecule has 0 bridgehead atoms. The molecular formula is C11H17BrN4OS. The van der Waals surface area contributed by atoms with Crippen LogP contribution in [-0.2, 0) is 4.79 Å². The van der Waals surface area contributed by atoms with Gasteiger partial charge in [-0.25, -0.2) is 9.97 Å². The lowest BCUT2D eigenvalue weighted by atomic mass is 10.5. The molecule has 1 aromatic heterocycles. The molecule has 1 rings (SSSR count). The van der Waals surface area contributed by atoms with Crippen molar-refractivity contribution in [3.8, 4) is 0 Å². The number of nitrogens with one attached hydrogen (secondary N) is 1. The lowest BCUT2D eigenvalue weighted by molar-refractivity contribution is -0.127. The molecule has 7 heteroatoms. The van der Waals surface area contributed by atoms with Gasteiger partial charge in [0.25, 0.3) is 0 Å². The molecule has 0 saturated heterocycles. The Labute approximate surface area is 120 Å². The molecule has 18 heavy (non-hydrogen) atoms. The van der Waals surface area contributed by atoms with Gasteiger partial charge in [-0.2, -0.15) is 0 Å². The van der Waals surface area contributed by atoms with Crippen LogP contribution in [0.1, 0.15) is 13.8 Å². The number of hydrogen-bond acceptors (Lipinski definition) is 5. The van der Waals surface area contributed by atoms with Gasteiger partial charge in [0, 0.05) is 20.1 Å². The molecule has 5 nitrogen and oxygen atoms in total.